The van der Waals surface area contributed by atoms with Crippen LogP contribution in [0.2, 0.25) is 0 Å². The van der Waals surface area contributed by atoms with Crippen LogP contribution in [-0.2, 0) is 6.18 Å². The highest BCUT2D eigenvalue weighted by molar-refractivity contribution is 7.98. The Morgan fingerprint density at radius 2 is 2.12 bits per heavy atom. The predicted molar refractivity (Wildman–Crippen MR) is 65.3 cm³/mol. The molecule has 0 aliphatic heterocycles. The molecular formula is C11H15F3N2S. The number of thioether (sulfide) groups is 1. The van der Waals surface area contributed by atoms with Crippen molar-refractivity contribution < 1.29 is 13.2 Å². The van der Waals surface area contributed by atoms with Crippen molar-refractivity contribution in [1.82, 2.24) is 4.98 Å². The first-order valence-corrected chi connectivity index (χ1v) is 6.62. The summed E-state index contributed by atoms with van der Waals surface area (Å²) < 4.78 is 37.2. The lowest BCUT2D eigenvalue weighted by Crippen LogP contribution is -2.18. The van der Waals surface area contributed by atoms with Gasteiger partial charge in [-0.15, -0.1) is 0 Å². The van der Waals surface area contributed by atoms with E-state index in [1.807, 2.05) is 13.2 Å². The summed E-state index contributed by atoms with van der Waals surface area (Å²) in [4.78, 5) is 3.55. The van der Waals surface area contributed by atoms with Crippen molar-refractivity contribution in [2.45, 2.75) is 25.6 Å². The van der Waals surface area contributed by atoms with Crippen LogP contribution in [0, 0.1) is 0 Å². The fourth-order valence-electron chi connectivity index (χ4n) is 1.29. The molecule has 17 heavy (non-hydrogen) atoms. The van der Waals surface area contributed by atoms with Crippen LogP contribution >= 0.6 is 11.8 Å². The summed E-state index contributed by atoms with van der Waals surface area (Å²) in [5.74, 6) is 1.24. The zero-order valence-corrected chi connectivity index (χ0v) is 10.5. The number of hydrogen-bond acceptors (Lipinski definition) is 3. The smallest absolute Gasteiger partial charge is 0.368 e. The molecule has 0 amide bonds. The molecule has 1 N–H and O–H groups in total. The number of pyridine rings is 1. The highest BCUT2D eigenvalue weighted by atomic mass is 32.2. The lowest BCUT2D eigenvalue weighted by atomic mass is 10.2. The minimum absolute atomic E-state index is 0.110. The van der Waals surface area contributed by atoms with Crippen molar-refractivity contribution in [2.75, 3.05) is 17.3 Å². The van der Waals surface area contributed by atoms with Gasteiger partial charge in [0.05, 0.1) is 0 Å². The SMILES string of the molecule is CSCCC(C)Nc1cccc(C(F)(F)F)n1. The minimum atomic E-state index is -4.39. The summed E-state index contributed by atoms with van der Waals surface area (Å²) in [6.07, 6.45) is -1.51. The van der Waals surface area contributed by atoms with Crippen LogP contribution < -0.4 is 5.32 Å². The second kappa shape index (κ2) is 6.14. The van der Waals surface area contributed by atoms with Gasteiger partial charge in [-0.05, 0) is 37.5 Å². The monoisotopic (exact) mass is 264 g/mol. The highest BCUT2D eigenvalue weighted by Gasteiger charge is 2.32. The first-order valence-electron chi connectivity index (χ1n) is 5.23. The van der Waals surface area contributed by atoms with E-state index in [2.05, 4.69) is 10.3 Å². The van der Waals surface area contributed by atoms with E-state index >= 15 is 0 Å². The highest BCUT2D eigenvalue weighted by Crippen LogP contribution is 2.28. The summed E-state index contributed by atoms with van der Waals surface area (Å²) in [6.45, 7) is 1.93. The first kappa shape index (κ1) is 14.2. The summed E-state index contributed by atoms with van der Waals surface area (Å²) in [5, 5.41) is 2.96. The number of nitrogens with one attached hydrogen (secondary N) is 1. The average Bonchev–Trinajstić information content (AvgIpc) is 2.25. The van der Waals surface area contributed by atoms with Gasteiger partial charge >= 0.3 is 6.18 Å². The maximum Gasteiger partial charge on any atom is 0.433 e. The molecule has 0 aromatic carbocycles. The van der Waals surface area contributed by atoms with E-state index in [0.717, 1.165) is 18.2 Å². The molecule has 0 aliphatic rings. The zero-order valence-electron chi connectivity index (χ0n) is 9.71. The van der Waals surface area contributed by atoms with Crippen LogP contribution in [-0.4, -0.2) is 23.0 Å². The van der Waals surface area contributed by atoms with Gasteiger partial charge < -0.3 is 5.32 Å². The summed E-state index contributed by atoms with van der Waals surface area (Å²) >= 11 is 1.71. The van der Waals surface area contributed by atoms with E-state index in [0.29, 0.717) is 0 Å². The van der Waals surface area contributed by atoms with Gasteiger partial charge in [-0.2, -0.15) is 24.9 Å². The van der Waals surface area contributed by atoms with E-state index in [4.69, 9.17) is 0 Å². The molecule has 6 heteroatoms. The summed E-state index contributed by atoms with van der Waals surface area (Å²) in [6, 6.07) is 3.99. The van der Waals surface area contributed by atoms with Crippen molar-refractivity contribution in [3.05, 3.63) is 23.9 Å². The molecule has 1 aromatic rings. The maximum absolute atomic E-state index is 12.4. The number of alkyl halides is 3. The van der Waals surface area contributed by atoms with Gasteiger partial charge in [-0.25, -0.2) is 4.98 Å². The topological polar surface area (TPSA) is 24.9 Å². The Kier molecular flexibility index (Phi) is 5.11. The molecular weight excluding hydrogens is 249 g/mol. The van der Waals surface area contributed by atoms with E-state index in [1.54, 1.807) is 17.8 Å². The van der Waals surface area contributed by atoms with Gasteiger partial charge in [0.15, 0.2) is 0 Å². The normalized spacial score (nSPS) is 13.5. The Morgan fingerprint density at radius 3 is 2.71 bits per heavy atom. The van der Waals surface area contributed by atoms with E-state index in [-0.39, 0.29) is 11.9 Å². The van der Waals surface area contributed by atoms with Crippen molar-refractivity contribution in [3.8, 4) is 0 Å². The Balaban J connectivity index is 2.66. The van der Waals surface area contributed by atoms with Gasteiger partial charge in [0, 0.05) is 6.04 Å². The zero-order chi connectivity index (χ0) is 12.9. The van der Waals surface area contributed by atoms with E-state index in [1.165, 1.54) is 6.07 Å². The van der Waals surface area contributed by atoms with Gasteiger partial charge in [0.1, 0.15) is 11.5 Å². The number of aromatic nitrogens is 1. The molecule has 0 saturated carbocycles. The molecule has 0 fully saturated rings. The maximum atomic E-state index is 12.4. The van der Waals surface area contributed by atoms with Crippen molar-refractivity contribution in [3.63, 3.8) is 0 Å². The molecule has 0 aliphatic carbocycles. The van der Waals surface area contributed by atoms with Crippen molar-refractivity contribution >= 4 is 17.6 Å². The molecule has 0 radical (unpaired) electrons. The predicted octanol–water partition coefficient (Wildman–Crippen LogP) is 3.65. The second-order valence-corrected chi connectivity index (χ2v) is 4.72. The largest absolute Gasteiger partial charge is 0.433 e. The summed E-state index contributed by atoms with van der Waals surface area (Å²) in [5.41, 5.74) is -0.862. The summed E-state index contributed by atoms with van der Waals surface area (Å²) in [7, 11) is 0. The fourth-order valence-corrected chi connectivity index (χ4v) is 1.88. The lowest BCUT2D eigenvalue weighted by Gasteiger charge is -2.15. The van der Waals surface area contributed by atoms with E-state index in [9.17, 15) is 13.2 Å². The Labute approximate surface area is 103 Å². The average molecular weight is 264 g/mol. The van der Waals surface area contributed by atoms with Gasteiger partial charge in [0.2, 0.25) is 0 Å². The molecule has 1 heterocycles. The van der Waals surface area contributed by atoms with E-state index < -0.39 is 11.9 Å². The Hall–Kier alpha value is -0.910. The first-order chi connectivity index (χ1) is 7.93. The third-order valence-corrected chi connectivity index (χ3v) is 2.83. The van der Waals surface area contributed by atoms with Gasteiger partial charge in [0.25, 0.3) is 0 Å². The molecule has 0 saturated heterocycles. The van der Waals surface area contributed by atoms with Gasteiger partial charge in [-0.3, -0.25) is 0 Å². The van der Waals surface area contributed by atoms with Crippen LogP contribution in [0.1, 0.15) is 19.0 Å². The number of hydrogen-bond donors (Lipinski definition) is 1. The van der Waals surface area contributed by atoms with Crippen LogP contribution in [0.25, 0.3) is 0 Å². The van der Waals surface area contributed by atoms with Crippen LogP contribution in [0.15, 0.2) is 18.2 Å². The lowest BCUT2D eigenvalue weighted by molar-refractivity contribution is -0.141. The minimum Gasteiger partial charge on any atom is -0.368 e. The molecule has 1 rings (SSSR count). The third-order valence-electron chi connectivity index (χ3n) is 2.19. The van der Waals surface area contributed by atoms with Crippen LogP contribution in [0.5, 0.6) is 0 Å². The fraction of sp³-hybridized carbons (Fsp3) is 0.545. The van der Waals surface area contributed by atoms with Crippen molar-refractivity contribution in [2.24, 2.45) is 0 Å². The number of nitrogens with zero attached hydrogens (tertiary/aromatic N) is 1. The Bertz CT molecular complexity index is 355. The number of anilines is 1. The quantitative estimate of drug-likeness (QED) is 0.878. The second-order valence-electron chi connectivity index (χ2n) is 3.73. The van der Waals surface area contributed by atoms with Crippen LogP contribution in [0.3, 0.4) is 0 Å². The molecule has 1 atom stereocenters. The molecule has 96 valence electrons. The number of rotatable bonds is 5. The molecule has 0 bridgehead atoms. The van der Waals surface area contributed by atoms with Crippen LogP contribution in [0.4, 0.5) is 19.0 Å². The molecule has 0 spiro atoms. The third kappa shape index (κ3) is 4.85. The molecule has 1 unspecified atom stereocenters. The number of halogens is 3. The Morgan fingerprint density at radius 1 is 1.41 bits per heavy atom. The van der Waals surface area contributed by atoms with Crippen molar-refractivity contribution in [1.29, 1.82) is 0 Å². The molecule has 1 aromatic heterocycles. The van der Waals surface area contributed by atoms with Gasteiger partial charge in [-0.1, -0.05) is 6.07 Å². The molecule has 2 nitrogen and oxygen atoms in total. The standard InChI is InChI=1S/C11H15F3N2S/c1-8(6-7-17-2)15-10-5-3-4-9(16-10)11(12,13)14/h3-5,8H,6-7H2,1-2H3,(H,15,16).